The summed E-state index contributed by atoms with van der Waals surface area (Å²) in [6.07, 6.45) is 0. The summed E-state index contributed by atoms with van der Waals surface area (Å²) in [7, 11) is -4.18. The molecule has 0 atom stereocenters. The molecular formula is C18H19O4P. The average molecular weight is 330 g/mol. The first-order chi connectivity index (χ1) is 10.9. The molecule has 2 rings (SSSR count). The van der Waals surface area contributed by atoms with Gasteiger partial charge in [0.1, 0.15) is 0 Å². The average Bonchev–Trinajstić information content (AvgIpc) is 2.54. The molecule has 0 heterocycles. The summed E-state index contributed by atoms with van der Waals surface area (Å²) in [5.74, 6) is 0. The zero-order valence-electron chi connectivity index (χ0n) is 13.4. The Hall–Kier alpha value is -2.03. The minimum Gasteiger partial charge on any atom is -0.318 e. The summed E-state index contributed by atoms with van der Waals surface area (Å²) >= 11 is 0. The second-order valence-corrected chi connectivity index (χ2v) is 7.38. The Morgan fingerprint density at radius 1 is 0.870 bits per heavy atom. The van der Waals surface area contributed by atoms with Gasteiger partial charge in [0.05, 0.1) is 6.61 Å². The monoisotopic (exact) mass is 330 g/mol. The van der Waals surface area contributed by atoms with E-state index >= 15 is 0 Å². The van der Waals surface area contributed by atoms with Crippen molar-refractivity contribution in [3.63, 3.8) is 0 Å². The summed E-state index contributed by atoms with van der Waals surface area (Å²) in [6.45, 7) is 5.11. The molecule has 0 N–H and O–H groups in total. The molecule has 0 saturated heterocycles. The van der Waals surface area contributed by atoms with Crippen LogP contribution in [0, 0.1) is 13.8 Å². The predicted octanol–water partition coefficient (Wildman–Crippen LogP) is 4.60. The van der Waals surface area contributed by atoms with Crippen molar-refractivity contribution in [2.45, 2.75) is 20.8 Å². The van der Waals surface area contributed by atoms with Gasteiger partial charge in [0, 0.05) is 11.1 Å². The van der Waals surface area contributed by atoms with Gasteiger partial charge in [0.25, 0.3) is 11.0 Å². The minimum atomic E-state index is -4.18. The molecule has 0 bridgehead atoms. The summed E-state index contributed by atoms with van der Waals surface area (Å²) in [6, 6.07) is 13.5. The molecule has 0 fully saturated rings. The number of hydrogen-bond acceptors (Lipinski definition) is 4. The van der Waals surface area contributed by atoms with Gasteiger partial charge in [-0.05, 0) is 31.9 Å². The quantitative estimate of drug-likeness (QED) is 0.726. The van der Waals surface area contributed by atoms with Gasteiger partial charge in [0.15, 0.2) is 0 Å². The van der Waals surface area contributed by atoms with Gasteiger partial charge >= 0.3 is 7.37 Å². The van der Waals surface area contributed by atoms with Crippen molar-refractivity contribution in [2.24, 2.45) is 0 Å². The van der Waals surface area contributed by atoms with Crippen molar-refractivity contribution >= 4 is 18.4 Å². The molecule has 0 aromatic heterocycles. The number of rotatable bonds is 6. The molecular weight excluding hydrogens is 311 g/mol. The third-order valence-corrected chi connectivity index (χ3v) is 5.77. The van der Waals surface area contributed by atoms with Crippen LogP contribution in [0.2, 0.25) is 0 Å². The Balaban J connectivity index is 2.54. The molecule has 2 aromatic carbocycles. The van der Waals surface area contributed by atoms with E-state index in [1.807, 2.05) is 0 Å². The Morgan fingerprint density at radius 2 is 1.26 bits per heavy atom. The van der Waals surface area contributed by atoms with Gasteiger partial charge in [0.2, 0.25) is 0 Å². The van der Waals surface area contributed by atoms with Crippen molar-refractivity contribution in [1.82, 2.24) is 0 Å². The predicted molar refractivity (Wildman–Crippen MR) is 90.3 cm³/mol. The van der Waals surface area contributed by atoms with Crippen LogP contribution in [0.3, 0.4) is 0 Å². The van der Waals surface area contributed by atoms with Crippen LogP contribution in [-0.4, -0.2) is 17.7 Å². The molecule has 23 heavy (non-hydrogen) atoms. The maximum Gasteiger partial charge on any atom is 0.340 e. The first-order valence-corrected chi connectivity index (χ1v) is 9.00. The highest BCUT2D eigenvalue weighted by molar-refractivity contribution is 7.91. The first-order valence-electron chi connectivity index (χ1n) is 7.37. The maximum absolute atomic E-state index is 13.2. The number of hydrogen-bond donors (Lipinski definition) is 0. The third-order valence-electron chi connectivity index (χ3n) is 3.60. The molecule has 0 amide bonds. The fraction of sp³-hybridized carbons (Fsp3) is 0.222. The number of carbonyl (C=O) groups is 2. The van der Waals surface area contributed by atoms with Crippen molar-refractivity contribution in [2.75, 3.05) is 6.61 Å². The van der Waals surface area contributed by atoms with Gasteiger partial charge in [-0.25, -0.2) is 0 Å². The van der Waals surface area contributed by atoms with E-state index in [9.17, 15) is 14.2 Å². The van der Waals surface area contributed by atoms with Gasteiger partial charge < -0.3 is 4.52 Å². The molecule has 0 spiro atoms. The summed E-state index contributed by atoms with van der Waals surface area (Å²) in [4.78, 5) is 25.6. The molecule has 4 nitrogen and oxygen atoms in total. The fourth-order valence-electron chi connectivity index (χ4n) is 2.33. The first kappa shape index (κ1) is 17.3. The van der Waals surface area contributed by atoms with Crippen LogP contribution in [0.25, 0.3) is 0 Å². The molecule has 0 saturated carbocycles. The van der Waals surface area contributed by atoms with Crippen LogP contribution in [0.5, 0.6) is 0 Å². The topological polar surface area (TPSA) is 60.4 Å². The zero-order chi connectivity index (χ0) is 17.0. The summed E-state index contributed by atoms with van der Waals surface area (Å²) in [5, 5.41) is 0. The lowest BCUT2D eigenvalue weighted by molar-refractivity contribution is 0.0996. The van der Waals surface area contributed by atoms with Crippen LogP contribution in [0.1, 0.15) is 38.8 Å². The SMILES string of the molecule is CCOP(=O)(C(=O)c1ccccc1C)C(=O)c1ccccc1C. The normalized spacial score (nSPS) is 11.3. The van der Waals surface area contributed by atoms with Crippen molar-refractivity contribution in [3.8, 4) is 0 Å². The highest BCUT2D eigenvalue weighted by atomic mass is 31.2. The second kappa shape index (κ2) is 7.03. The summed E-state index contributed by atoms with van der Waals surface area (Å²) < 4.78 is 18.4. The van der Waals surface area contributed by atoms with E-state index in [4.69, 9.17) is 4.52 Å². The van der Waals surface area contributed by atoms with E-state index in [1.54, 1.807) is 69.3 Å². The number of carbonyl (C=O) groups excluding carboxylic acids is 2. The van der Waals surface area contributed by atoms with Gasteiger partial charge in [-0.1, -0.05) is 48.5 Å². The smallest absolute Gasteiger partial charge is 0.318 e. The number of benzene rings is 2. The van der Waals surface area contributed by atoms with Crippen LogP contribution in [0.15, 0.2) is 48.5 Å². The van der Waals surface area contributed by atoms with E-state index < -0.39 is 18.4 Å². The van der Waals surface area contributed by atoms with Crippen molar-refractivity contribution in [3.05, 3.63) is 70.8 Å². The van der Waals surface area contributed by atoms with Gasteiger partial charge in [-0.2, -0.15) is 0 Å². The van der Waals surface area contributed by atoms with E-state index in [-0.39, 0.29) is 17.7 Å². The van der Waals surface area contributed by atoms with E-state index in [0.29, 0.717) is 11.1 Å². The standard InChI is InChI=1S/C18H19O4P/c1-4-22-23(21,17(19)15-11-7-5-9-13(15)2)18(20)16-12-8-6-10-14(16)3/h5-12H,4H2,1-3H3. The largest absolute Gasteiger partial charge is 0.340 e. The lowest BCUT2D eigenvalue weighted by atomic mass is 10.1. The van der Waals surface area contributed by atoms with Crippen LogP contribution in [-0.2, 0) is 9.09 Å². The molecule has 120 valence electrons. The third kappa shape index (κ3) is 3.34. The number of aryl methyl sites for hydroxylation is 2. The van der Waals surface area contributed by atoms with E-state index in [1.165, 1.54) is 0 Å². The lowest BCUT2D eigenvalue weighted by Crippen LogP contribution is -2.15. The molecule has 0 aliphatic rings. The zero-order valence-corrected chi connectivity index (χ0v) is 14.3. The molecule has 0 aliphatic carbocycles. The molecule has 0 radical (unpaired) electrons. The van der Waals surface area contributed by atoms with Crippen LogP contribution < -0.4 is 0 Å². The molecule has 2 aromatic rings. The maximum atomic E-state index is 13.2. The summed E-state index contributed by atoms with van der Waals surface area (Å²) in [5.41, 5.74) is 0.346. The highest BCUT2D eigenvalue weighted by Gasteiger charge is 2.43. The minimum absolute atomic E-state index is 0.0204. The molecule has 5 heteroatoms. The lowest BCUT2D eigenvalue weighted by Gasteiger charge is -2.17. The Bertz CT molecular complexity index is 734. The Morgan fingerprint density at radius 3 is 1.61 bits per heavy atom. The Kier molecular flexibility index (Phi) is 5.30. The van der Waals surface area contributed by atoms with Crippen molar-refractivity contribution in [1.29, 1.82) is 0 Å². The highest BCUT2D eigenvalue weighted by Crippen LogP contribution is 2.53. The fourth-order valence-corrected chi connectivity index (χ4v) is 4.25. The molecule has 0 aliphatic heterocycles. The Labute approximate surface area is 135 Å². The molecule has 0 unspecified atom stereocenters. The van der Waals surface area contributed by atoms with Gasteiger partial charge in [-0.3, -0.25) is 14.2 Å². The van der Waals surface area contributed by atoms with Gasteiger partial charge in [-0.15, -0.1) is 0 Å². The van der Waals surface area contributed by atoms with Crippen LogP contribution >= 0.6 is 7.37 Å². The van der Waals surface area contributed by atoms with E-state index in [2.05, 4.69) is 0 Å². The van der Waals surface area contributed by atoms with E-state index in [0.717, 1.165) is 0 Å². The van der Waals surface area contributed by atoms with Crippen LogP contribution in [0.4, 0.5) is 0 Å². The second-order valence-electron chi connectivity index (χ2n) is 5.21. The van der Waals surface area contributed by atoms with Crippen molar-refractivity contribution < 1.29 is 18.7 Å².